The van der Waals surface area contributed by atoms with Crippen molar-refractivity contribution < 1.29 is 14.4 Å². The summed E-state index contributed by atoms with van der Waals surface area (Å²) in [5.41, 5.74) is 1.15. The number of hydrogen-bond donors (Lipinski definition) is 1. The average Bonchev–Trinajstić information content (AvgIpc) is 2.77. The average molecular weight is 326 g/mol. The van der Waals surface area contributed by atoms with Crippen LogP contribution in [-0.4, -0.2) is 27.5 Å². The standard InChI is InChI=1S/C16H14N4O4/c21-20(22)16-15(18-14-4-1-2-7-19(14)16)17-11-5-6-12-13(10-11)24-9-3-8-23-12/h1-2,4-7,10,17H,3,8-9H2. The van der Waals surface area contributed by atoms with Crippen molar-refractivity contribution in [1.29, 1.82) is 0 Å². The minimum atomic E-state index is -0.453. The van der Waals surface area contributed by atoms with Crippen LogP contribution in [0.5, 0.6) is 11.5 Å². The van der Waals surface area contributed by atoms with Gasteiger partial charge in [-0.05, 0) is 23.1 Å². The fourth-order valence-corrected chi connectivity index (χ4v) is 2.62. The van der Waals surface area contributed by atoms with E-state index in [1.54, 1.807) is 42.6 Å². The number of nitro groups is 1. The quantitative estimate of drug-likeness (QED) is 0.587. The molecule has 8 nitrogen and oxygen atoms in total. The second-order valence-corrected chi connectivity index (χ2v) is 5.31. The van der Waals surface area contributed by atoms with Crippen molar-refractivity contribution in [3.63, 3.8) is 0 Å². The van der Waals surface area contributed by atoms with Gasteiger partial charge in [0.2, 0.25) is 11.5 Å². The first-order valence-electron chi connectivity index (χ1n) is 7.50. The van der Waals surface area contributed by atoms with Gasteiger partial charge in [-0.2, -0.15) is 9.38 Å². The topological polar surface area (TPSA) is 90.9 Å². The maximum atomic E-state index is 11.4. The Morgan fingerprint density at radius 1 is 1.17 bits per heavy atom. The van der Waals surface area contributed by atoms with Gasteiger partial charge in [0, 0.05) is 24.2 Å². The van der Waals surface area contributed by atoms with Crippen LogP contribution in [0.15, 0.2) is 42.6 Å². The maximum absolute atomic E-state index is 11.4. The molecule has 0 amide bonds. The normalized spacial score (nSPS) is 13.5. The molecule has 0 spiro atoms. The van der Waals surface area contributed by atoms with E-state index in [1.165, 1.54) is 4.40 Å². The Balaban J connectivity index is 1.73. The molecule has 0 aliphatic carbocycles. The Labute approximate surface area is 136 Å². The van der Waals surface area contributed by atoms with E-state index in [9.17, 15) is 10.1 Å². The molecule has 0 bridgehead atoms. The Bertz CT molecular complexity index is 922. The van der Waals surface area contributed by atoms with Crippen LogP contribution in [-0.2, 0) is 0 Å². The molecule has 1 aliphatic rings. The highest BCUT2D eigenvalue weighted by Gasteiger charge is 2.22. The van der Waals surface area contributed by atoms with Gasteiger partial charge >= 0.3 is 5.82 Å². The minimum absolute atomic E-state index is 0.113. The van der Waals surface area contributed by atoms with Crippen LogP contribution < -0.4 is 14.8 Å². The number of anilines is 2. The van der Waals surface area contributed by atoms with Crippen molar-refractivity contribution in [3.8, 4) is 11.5 Å². The van der Waals surface area contributed by atoms with Gasteiger partial charge in [0.25, 0.3) is 0 Å². The smallest absolute Gasteiger partial charge is 0.372 e. The Morgan fingerprint density at radius 2 is 2.00 bits per heavy atom. The van der Waals surface area contributed by atoms with Crippen molar-refractivity contribution in [2.75, 3.05) is 18.5 Å². The lowest BCUT2D eigenvalue weighted by molar-refractivity contribution is -0.389. The van der Waals surface area contributed by atoms with Crippen molar-refractivity contribution in [3.05, 3.63) is 52.7 Å². The van der Waals surface area contributed by atoms with Gasteiger partial charge in [0.1, 0.15) is 0 Å². The first-order chi connectivity index (χ1) is 11.7. The summed E-state index contributed by atoms with van der Waals surface area (Å²) in [6.07, 6.45) is 2.43. The molecule has 4 rings (SSSR count). The fraction of sp³-hybridized carbons (Fsp3) is 0.188. The van der Waals surface area contributed by atoms with E-state index in [2.05, 4.69) is 10.3 Å². The van der Waals surface area contributed by atoms with Crippen molar-refractivity contribution in [2.24, 2.45) is 0 Å². The number of fused-ring (bicyclic) bond motifs is 2. The lowest BCUT2D eigenvalue weighted by atomic mass is 10.2. The molecule has 0 saturated carbocycles. The van der Waals surface area contributed by atoms with E-state index in [-0.39, 0.29) is 11.6 Å². The minimum Gasteiger partial charge on any atom is -0.490 e. The van der Waals surface area contributed by atoms with Crippen LogP contribution in [0, 0.1) is 10.1 Å². The largest absolute Gasteiger partial charge is 0.490 e. The molecular weight excluding hydrogens is 312 g/mol. The van der Waals surface area contributed by atoms with E-state index in [0.29, 0.717) is 36.0 Å². The summed E-state index contributed by atoms with van der Waals surface area (Å²) < 4.78 is 12.7. The molecule has 122 valence electrons. The van der Waals surface area contributed by atoms with Crippen LogP contribution in [0.3, 0.4) is 0 Å². The monoisotopic (exact) mass is 326 g/mol. The zero-order valence-corrected chi connectivity index (χ0v) is 12.6. The maximum Gasteiger partial charge on any atom is 0.372 e. The zero-order chi connectivity index (χ0) is 16.5. The highest BCUT2D eigenvalue weighted by molar-refractivity contribution is 5.70. The summed E-state index contributed by atoms with van der Waals surface area (Å²) >= 11 is 0. The Morgan fingerprint density at radius 3 is 2.83 bits per heavy atom. The molecule has 1 N–H and O–H groups in total. The number of hydrogen-bond acceptors (Lipinski definition) is 6. The van der Waals surface area contributed by atoms with E-state index in [4.69, 9.17) is 9.47 Å². The van der Waals surface area contributed by atoms with Crippen LogP contribution >= 0.6 is 0 Å². The second-order valence-electron chi connectivity index (χ2n) is 5.31. The molecule has 0 unspecified atom stereocenters. The number of nitrogens with zero attached hydrogens (tertiary/aromatic N) is 3. The van der Waals surface area contributed by atoms with Crippen LogP contribution in [0.2, 0.25) is 0 Å². The zero-order valence-electron chi connectivity index (χ0n) is 12.6. The van der Waals surface area contributed by atoms with E-state index in [0.717, 1.165) is 6.42 Å². The van der Waals surface area contributed by atoms with Crippen LogP contribution in [0.4, 0.5) is 17.3 Å². The van der Waals surface area contributed by atoms with E-state index < -0.39 is 4.92 Å². The molecule has 8 heteroatoms. The lowest BCUT2D eigenvalue weighted by Crippen LogP contribution is -1.99. The third-order valence-electron chi connectivity index (χ3n) is 3.69. The van der Waals surface area contributed by atoms with Gasteiger partial charge in [-0.3, -0.25) is 0 Å². The number of nitrogens with one attached hydrogen (secondary N) is 1. The molecule has 3 heterocycles. The summed E-state index contributed by atoms with van der Waals surface area (Å²) in [5.74, 6) is 1.35. The first-order valence-corrected chi connectivity index (χ1v) is 7.50. The molecule has 0 atom stereocenters. The summed E-state index contributed by atoms with van der Waals surface area (Å²) in [4.78, 5) is 15.3. The molecule has 0 radical (unpaired) electrons. The number of rotatable bonds is 3. The highest BCUT2D eigenvalue weighted by Crippen LogP contribution is 2.35. The van der Waals surface area contributed by atoms with Crippen LogP contribution in [0.1, 0.15) is 6.42 Å². The van der Waals surface area contributed by atoms with Gasteiger partial charge in [0.05, 0.1) is 19.4 Å². The molecular formula is C16H14N4O4. The summed E-state index contributed by atoms with van der Waals surface area (Å²) in [5, 5.41) is 14.4. The molecule has 2 aromatic heterocycles. The summed E-state index contributed by atoms with van der Waals surface area (Å²) in [6.45, 7) is 1.18. The summed E-state index contributed by atoms with van der Waals surface area (Å²) in [6, 6.07) is 10.5. The molecule has 0 saturated heterocycles. The van der Waals surface area contributed by atoms with Gasteiger partial charge in [-0.1, -0.05) is 6.07 Å². The number of ether oxygens (including phenoxy) is 2. The molecule has 24 heavy (non-hydrogen) atoms. The fourth-order valence-electron chi connectivity index (χ4n) is 2.62. The van der Waals surface area contributed by atoms with Crippen LogP contribution in [0.25, 0.3) is 5.65 Å². The predicted molar refractivity (Wildman–Crippen MR) is 87.2 cm³/mol. The van der Waals surface area contributed by atoms with Gasteiger partial charge in [-0.15, -0.1) is 0 Å². The SMILES string of the molecule is O=[N+]([O-])c1c(Nc2ccc3c(c2)OCCCO3)nc2ccccn12. The molecule has 3 aromatic rings. The molecule has 1 aliphatic heterocycles. The number of benzene rings is 1. The van der Waals surface area contributed by atoms with Gasteiger partial charge < -0.3 is 24.9 Å². The van der Waals surface area contributed by atoms with Gasteiger partial charge in [-0.25, -0.2) is 0 Å². The van der Waals surface area contributed by atoms with E-state index >= 15 is 0 Å². The predicted octanol–water partition coefficient (Wildman–Crippen LogP) is 3.15. The molecule has 0 fully saturated rings. The molecule has 1 aromatic carbocycles. The highest BCUT2D eigenvalue weighted by atomic mass is 16.6. The summed E-state index contributed by atoms with van der Waals surface area (Å²) in [7, 11) is 0. The number of pyridine rings is 1. The third-order valence-corrected chi connectivity index (χ3v) is 3.69. The van der Waals surface area contributed by atoms with Crippen molar-refractivity contribution in [2.45, 2.75) is 6.42 Å². The number of imidazole rings is 1. The second kappa shape index (κ2) is 5.73. The Hall–Kier alpha value is -3.29. The van der Waals surface area contributed by atoms with Crippen molar-refractivity contribution >= 4 is 23.0 Å². The van der Waals surface area contributed by atoms with E-state index in [1.807, 2.05) is 0 Å². The lowest BCUT2D eigenvalue weighted by Gasteiger charge is -2.09. The third kappa shape index (κ3) is 2.47. The van der Waals surface area contributed by atoms with Crippen molar-refractivity contribution in [1.82, 2.24) is 9.38 Å². The number of aromatic nitrogens is 2. The van der Waals surface area contributed by atoms with Gasteiger partial charge in [0.15, 0.2) is 11.5 Å². The first kappa shape index (κ1) is 14.3. The Kier molecular flexibility index (Phi) is 3.42.